The highest BCUT2D eigenvalue weighted by molar-refractivity contribution is 5.83. The minimum Gasteiger partial charge on any atom is -0.436 e. The van der Waals surface area contributed by atoms with Gasteiger partial charge >= 0.3 is 0 Å². The van der Waals surface area contributed by atoms with Gasteiger partial charge in [-0.15, -0.1) is 0 Å². The third kappa shape index (κ3) is 4.04. The molecule has 0 bridgehead atoms. The molecule has 10 heteroatoms. The summed E-state index contributed by atoms with van der Waals surface area (Å²) < 4.78 is 34.7. The van der Waals surface area contributed by atoms with Crippen LogP contribution in [0.25, 0.3) is 10.9 Å². The number of ether oxygens (including phenoxy) is 1. The zero-order valence-electron chi connectivity index (χ0n) is 17.3. The van der Waals surface area contributed by atoms with E-state index in [1.807, 2.05) is 12.1 Å². The Hall–Kier alpha value is -3.79. The second kappa shape index (κ2) is 8.39. The van der Waals surface area contributed by atoms with Gasteiger partial charge in [0.05, 0.1) is 17.4 Å². The molecule has 1 aromatic carbocycles. The number of piperazine rings is 1. The van der Waals surface area contributed by atoms with Gasteiger partial charge in [0.1, 0.15) is 18.0 Å². The molecule has 5 rings (SSSR count). The summed E-state index contributed by atoms with van der Waals surface area (Å²) in [4.78, 5) is 17.7. The number of nitrogens with zero attached hydrogens (tertiary/aromatic N) is 4. The molecule has 8 nitrogen and oxygen atoms in total. The fourth-order valence-electron chi connectivity index (χ4n) is 3.69. The van der Waals surface area contributed by atoms with Crippen LogP contribution in [0, 0.1) is 18.6 Å². The van der Waals surface area contributed by atoms with E-state index in [1.54, 1.807) is 13.1 Å². The van der Waals surface area contributed by atoms with E-state index < -0.39 is 11.6 Å². The minimum absolute atomic E-state index is 0.0739. The average molecular weight is 437 g/mol. The summed E-state index contributed by atoms with van der Waals surface area (Å²) >= 11 is 0. The van der Waals surface area contributed by atoms with E-state index in [2.05, 4.69) is 35.5 Å². The third-order valence-electron chi connectivity index (χ3n) is 5.24. The number of nitrogens with one attached hydrogen (secondary N) is 3. The second-order valence-electron chi connectivity index (χ2n) is 7.52. The fraction of sp³-hybridized carbons (Fsp3) is 0.227. The number of fused-ring (bicyclic) bond motifs is 1. The number of H-pyrrole nitrogens is 1. The number of pyridine rings is 1. The lowest BCUT2D eigenvalue weighted by atomic mass is 10.2. The van der Waals surface area contributed by atoms with Gasteiger partial charge in [-0.1, -0.05) is 0 Å². The molecule has 3 aromatic heterocycles. The molecule has 0 saturated carbocycles. The van der Waals surface area contributed by atoms with E-state index in [-0.39, 0.29) is 22.5 Å². The molecule has 0 spiro atoms. The van der Waals surface area contributed by atoms with Crippen LogP contribution in [-0.2, 0) is 0 Å². The molecule has 0 amide bonds. The molecular formula is C22H21F2N7O. The summed E-state index contributed by atoms with van der Waals surface area (Å²) in [5, 5.41) is 6.52. The van der Waals surface area contributed by atoms with Gasteiger partial charge in [0.25, 0.3) is 0 Å². The lowest BCUT2D eigenvalue weighted by Gasteiger charge is -2.29. The Morgan fingerprint density at radius 2 is 1.88 bits per heavy atom. The van der Waals surface area contributed by atoms with Crippen molar-refractivity contribution < 1.29 is 13.5 Å². The van der Waals surface area contributed by atoms with Crippen molar-refractivity contribution in [2.24, 2.45) is 0 Å². The van der Waals surface area contributed by atoms with Crippen LogP contribution >= 0.6 is 0 Å². The average Bonchev–Trinajstić information content (AvgIpc) is 3.21. The molecule has 32 heavy (non-hydrogen) atoms. The van der Waals surface area contributed by atoms with Crippen LogP contribution in [0.3, 0.4) is 0 Å². The van der Waals surface area contributed by atoms with Crippen molar-refractivity contribution in [1.82, 2.24) is 25.3 Å². The summed E-state index contributed by atoms with van der Waals surface area (Å²) in [6, 6.07) is 7.88. The first-order chi connectivity index (χ1) is 15.6. The van der Waals surface area contributed by atoms with Crippen LogP contribution in [0.15, 0.2) is 42.9 Å². The van der Waals surface area contributed by atoms with Crippen molar-refractivity contribution in [1.29, 1.82) is 0 Å². The van der Waals surface area contributed by atoms with Gasteiger partial charge in [-0.2, -0.15) is 0 Å². The smallest absolute Gasteiger partial charge is 0.224 e. The SMILES string of the molecule is Cc1cc2c(F)c(Oc3cc(Nc4ccc(N5CCNCC5)cn4)ncn3)cc(F)c2[nH]1. The van der Waals surface area contributed by atoms with Gasteiger partial charge in [0.2, 0.25) is 5.88 Å². The molecule has 0 aliphatic carbocycles. The lowest BCUT2D eigenvalue weighted by molar-refractivity contribution is 0.426. The topological polar surface area (TPSA) is 91.0 Å². The molecule has 4 heterocycles. The molecule has 4 aromatic rings. The van der Waals surface area contributed by atoms with Gasteiger partial charge in [0, 0.05) is 49.4 Å². The van der Waals surface area contributed by atoms with Gasteiger partial charge in [-0.05, 0) is 25.1 Å². The molecule has 1 fully saturated rings. The van der Waals surface area contributed by atoms with E-state index in [9.17, 15) is 8.78 Å². The highest BCUT2D eigenvalue weighted by atomic mass is 19.1. The first-order valence-electron chi connectivity index (χ1n) is 10.2. The Bertz CT molecular complexity index is 1250. The number of benzene rings is 1. The molecule has 164 valence electrons. The standard InChI is InChI=1S/C22H21F2N7O/c1-13-8-15-21(24)17(9-16(23)22(15)29-13)32-20-10-19(27-12-28-20)30-18-3-2-14(11-26-18)31-6-4-25-5-7-31/h2-3,8-12,25,29H,4-7H2,1H3,(H,26,27,28,30). The molecule has 1 aliphatic heterocycles. The van der Waals surface area contributed by atoms with Crippen LogP contribution < -0.4 is 20.3 Å². The fourth-order valence-corrected chi connectivity index (χ4v) is 3.69. The number of hydrogen-bond donors (Lipinski definition) is 3. The normalized spacial score (nSPS) is 14.0. The molecule has 1 saturated heterocycles. The van der Waals surface area contributed by atoms with E-state index in [0.29, 0.717) is 17.3 Å². The van der Waals surface area contributed by atoms with Gasteiger partial charge in [-0.3, -0.25) is 0 Å². The monoisotopic (exact) mass is 437 g/mol. The molecule has 0 atom stereocenters. The highest BCUT2D eigenvalue weighted by Gasteiger charge is 2.17. The largest absolute Gasteiger partial charge is 0.436 e. The van der Waals surface area contributed by atoms with E-state index in [4.69, 9.17) is 4.74 Å². The Labute approximate surface area is 182 Å². The van der Waals surface area contributed by atoms with Crippen LogP contribution in [0.4, 0.5) is 26.1 Å². The van der Waals surface area contributed by atoms with Gasteiger partial charge < -0.3 is 25.3 Å². The van der Waals surface area contributed by atoms with E-state index in [0.717, 1.165) is 37.9 Å². The minimum atomic E-state index is -0.663. The number of anilines is 3. The Morgan fingerprint density at radius 1 is 1.03 bits per heavy atom. The first kappa shape index (κ1) is 20.1. The zero-order valence-corrected chi connectivity index (χ0v) is 17.3. The number of rotatable bonds is 5. The molecule has 3 N–H and O–H groups in total. The summed E-state index contributed by atoms with van der Waals surface area (Å²) in [5.41, 5.74) is 1.81. The third-order valence-corrected chi connectivity index (χ3v) is 5.24. The lowest BCUT2D eigenvalue weighted by Crippen LogP contribution is -2.43. The number of hydrogen-bond acceptors (Lipinski definition) is 7. The Morgan fingerprint density at radius 3 is 2.66 bits per heavy atom. The van der Waals surface area contributed by atoms with Crippen molar-refractivity contribution in [3.05, 3.63) is 60.2 Å². The predicted octanol–water partition coefficient (Wildman–Crippen LogP) is 3.89. The Balaban J connectivity index is 1.33. The summed E-state index contributed by atoms with van der Waals surface area (Å²) in [7, 11) is 0. The van der Waals surface area contributed by atoms with Crippen LogP contribution in [0.5, 0.6) is 11.6 Å². The maximum absolute atomic E-state index is 14.8. The maximum Gasteiger partial charge on any atom is 0.224 e. The van der Waals surface area contributed by atoms with Crippen LogP contribution in [0.2, 0.25) is 0 Å². The van der Waals surface area contributed by atoms with Crippen LogP contribution in [-0.4, -0.2) is 46.1 Å². The number of aryl methyl sites for hydroxylation is 1. The van der Waals surface area contributed by atoms with Gasteiger partial charge in [-0.25, -0.2) is 23.7 Å². The quantitative estimate of drug-likeness (QED) is 0.436. The molecular weight excluding hydrogens is 416 g/mol. The number of aromatic amines is 1. The van der Waals surface area contributed by atoms with Crippen molar-refractivity contribution >= 4 is 28.2 Å². The van der Waals surface area contributed by atoms with E-state index >= 15 is 0 Å². The predicted molar refractivity (Wildman–Crippen MR) is 118 cm³/mol. The highest BCUT2D eigenvalue weighted by Crippen LogP contribution is 2.32. The van der Waals surface area contributed by atoms with Crippen molar-refractivity contribution in [2.45, 2.75) is 6.92 Å². The van der Waals surface area contributed by atoms with Crippen molar-refractivity contribution in [3.63, 3.8) is 0 Å². The van der Waals surface area contributed by atoms with Gasteiger partial charge in [0.15, 0.2) is 17.4 Å². The number of aromatic nitrogens is 4. The summed E-state index contributed by atoms with van der Waals surface area (Å²) in [6.45, 7) is 5.50. The van der Waals surface area contributed by atoms with Crippen molar-refractivity contribution in [2.75, 3.05) is 36.4 Å². The zero-order chi connectivity index (χ0) is 22.1. The molecule has 0 unspecified atom stereocenters. The summed E-state index contributed by atoms with van der Waals surface area (Å²) in [6.07, 6.45) is 3.08. The van der Waals surface area contributed by atoms with Crippen LogP contribution in [0.1, 0.15) is 5.69 Å². The number of halogens is 2. The second-order valence-corrected chi connectivity index (χ2v) is 7.52. The summed E-state index contributed by atoms with van der Waals surface area (Å²) in [5.74, 6) is -0.441. The van der Waals surface area contributed by atoms with E-state index in [1.165, 1.54) is 18.5 Å². The first-order valence-corrected chi connectivity index (χ1v) is 10.2. The maximum atomic E-state index is 14.8. The Kier molecular flexibility index (Phi) is 5.28. The molecule has 1 aliphatic rings. The van der Waals surface area contributed by atoms with Crippen molar-refractivity contribution in [3.8, 4) is 11.6 Å². The molecule has 0 radical (unpaired) electrons.